The topological polar surface area (TPSA) is 70.7 Å². The van der Waals surface area contributed by atoms with Gasteiger partial charge in [-0.3, -0.25) is 14.9 Å². The highest BCUT2D eigenvalue weighted by Crippen LogP contribution is 2.27. The molecule has 3 aromatic rings. The van der Waals surface area contributed by atoms with Gasteiger partial charge in [-0.15, -0.1) is 0 Å². The second-order valence-electron chi connectivity index (χ2n) is 5.64. The number of aromatic nitrogens is 3. The van der Waals surface area contributed by atoms with Gasteiger partial charge in [0.05, 0.1) is 29.0 Å². The molecular weight excluding hydrogens is 276 g/mol. The van der Waals surface area contributed by atoms with Crippen LogP contribution in [0.2, 0.25) is 0 Å². The number of nitrogens with one attached hydrogen (secondary N) is 2. The first-order valence-corrected chi connectivity index (χ1v) is 7.49. The van der Waals surface area contributed by atoms with Crippen molar-refractivity contribution in [3.8, 4) is 0 Å². The van der Waals surface area contributed by atoms with E-state index in [4.69, 9.17) is 0 Å². The van der Waals surface area contributed by atoms with Gasteiger partial charge in [0.1, 0.15) is 0 Å². The minimum Gasteiger partial charge on any atom is -0.344 e. The van der Waals surface area contributed by atoms with Gasteiger partial charge in [-0.25, -0.2) is 0 Å². The molecule has 1 aliphatic rings. The monoisotopic (exact) mass is 292 g/mol. The molecule has 0 saturated carbocycles. The Morgan fingerprint density at radius 1 is 1.27 bits per heavy atom. The largest absolute Gasteiger partial charge is 0.344 e. The molecule has 0 spiro atoms. The number of aromatic amines is 1. The van der Waals surface area contributed by atoms with Crippen LogP contribution in [0.4, 0.5) is 0 Å². The van der Waals surface area contributed by atoms with Crippen LogP contribution < -0.4 is 5.32 Å². The average molecular weight is 292 g/mol. The molecule has 22 heavy (non-hydrogen) atoms. The summed E-state index contributed by atoms with van der Waals surface area (Å²) >= 11 is 0. The van der Waals surface area contributed by atoms with Gasteiger partial charge in [-0.2, -0.15) is 5.10 Å². The molecule has 0 bridgehead atoms. The molecule has 0 aliphatic heterocycles. The van der Waals surface area contributed by atoms with Crippen LogP contribution in [0.3, 0.4) is 0 Å². The maximum Gasteiger partial charge on any atom is 0.253 e. The van der Waals surface area contributed by atoms with Crippen LogP contribution in [0, 0.1) is 0 Å². The molecule has 1 aromatic carbocycles. The summed E-state index contributed by atoms with van der Waals surface area (Å²) in [6.07, 6.45) is 6.50. The molecule has 2 aromatic heterocycles. The lowest BCUT2D eigenvalue weighted by molar-refractivity contribution is 0.0931. The fourth-order valence-corrected chi connectivity index (χ4v) is 3.04. The van der Waals surface area contributed by atoms with E-state index in [2.05, 4.69) is 20.5 Å². The van der Waals surface area contributed by atoms with Crippen molar-refractivity contribution < 1.29 is 4.79 Å². The van der Waals surface area contributed by atoms with Gasteiger partial charge < -0.3 is 5.32 Å². The number of carbonyl (C=O) groups is 1. The number of para-hydroxylation sites is 1. The van der Waals surface area contributed by atoms with Gasteiger partial charge in [0.15, 0.2) is 0 Å². The number of aryl methyl sites for hydroxylation is 1. The van der Waals surface area contributed by atoms with E-state index >= 15 is 0 Å². The molecule has 2 heterocycles. The first-order valence-electron chi connectivity index (χ1n) is 7.49. The van der Waals surface area contributed by atoms with Crippen molar-refractivity contribution in [2.75, 3.05) is 0 Å². The third-order valence-corrected chi connectivity index (χ3v) is 4.20. The molecule has 0 saturated heterocycles. The van der Waals surface area contributed by atoms with E-state index in [1.165, 1.54) is 5.56 Å². The lowest BCUT2D eigenvalue weighted by atomic mass is 9.93. The number of H-pyrrole nitrogens is 1. The van der Waals surface area contributed by atoms with Crippen LogP contribution in [0.25, 0.3) is 10.9 Å². The first kappa shape index (κ1) is 13.0. The number of amides is 1. The van der Waals surface area contributed by atoms with E-state index in [1.807, 2.05) is 36.5 Å². The lowest BCUT2D eigenvalue weighted by Crippen LogP contribution is -2.31. The Kier molecular flexibility index (Phi) is 3.11. The highest BCUT2D eigenvalue weighted by Gasteiger charge is 2.24. The fourth-order valence-electron chi connectivity index (χ4n) is 3.04. The SMILES string of the molecule is O=C(NC1CCCc2cn[nH]c21)c1cnc2ccccc2c1. The number of carbonyl (C=O) groups excluding carboxylic acids is 1. The zero-order chi connectivity index (χ0) is 14.9. The summed E-state index contributed by atoms with van der Waals surface area (Å²) in [5.41, 5.74) is 3.72. The van der Waals surface area contributed by atoms with Crippen LogP contribution in [-0.4, -0.2) is 21.1 Å². The third-order valence-electron chi connectivity index (χ3n) is 4.20. The van der Waals surface area contributed by atoms with E-state index in [0.29, 0.717) is 5.56 Å². The van der Waals surface area contributed by atoms with Crippen LogP contribution in [0.15, 0.2) is 42.7 Å². The van der Waals surface area contributed by atoms with Crippen molar-refractivity contribution in [3.05, 3.63) is 59.5 Å². The number of fused-ring (bicyclic) bond motifs is 2. The molecule has 1 atom stereocenters. The molecule has 1 aliphatic carbocycles. The van der Waals surface area contributed by atoms with E-state index in [1.54, 1.807) is 6.20 Å². The lowest BCUT2D eigenvalue weighted by Gasteiger charge is -2.22. The number of hydrogen-bond donors (Lipinski definition) is 2. The Morgan fingerprint density at radius 2 is 2.18 bits per heavy atom. The summed E-state index contributed by atoms with van der Waals surface area (Å²) in [6, 6.07) is 9.68. The maximum atomic E-state index is 12.5. The molecule has 110 valence electrons. The van der Waals surface area contributed by atoms with E-state index < -0.39 is 0 Å². The summed E-state index contributed by atoms with van der Waals surface area (Å²) in [4.78, 5) is 16.9. The number of pyridine rings is 1. The van der Waals surface area contributed by atoms with Crippen molar-refractivity contribution in [2.24, 2.45) is 0 Å². The number of nitrogens with zero attached hydrogens (tertiary/aromatic N) is 2. The third kappa shape index (κ3) is 2.24. The highest BCUT2D eigenvalue weighted by molar-refractivity contribution is 5.97. The van der Waals surface area contributed by atoms with Crippen LogP contribution in [0.5, 0.6) is 0 Å². The Labute approximate surface area is 127 Å². The van der Waals surface area contributed by atoms with Crippen LogP contribution >= 0.6 is 0 Å². The van der Waals surface area contributed by atoms with Crippen molar-refractivity contribution >= 4 is 16.8 Å². The molecule has 1 unspecified atom stereocenters. The summed E-state index contributed by atoms with van der Waals surface area (Å²) < 4.78 is 0. The molecule has 0 radical (unpaired) electrons. The van der Waals surface area contributed by atoms with Gasteiger partial charge in [-0.05, 0) is 37.0 Å². The molecular formula is C17H16N4O. The maximum absolute atomic E-state index is 12.5. The predicted octanol–water partition coefficient (Wildman–Crippen LogP) is 2.77. The van der Waals surface area contributed by atoms with E-state index in [-0.39, 0.29) is 11.9 Å². The molecule has 4 rings (SSSR count). The Bertz CT molecular complexity index is 839. The first-order chi connectivity index (χ1) is 10.8. The van der Waals surface area contributed by atoms with Crippen molar-refractivity contribution in [2.45, 2.75) is 25.3 Å². The summed E-state index contributed by atoms with van der Waals surface area (Å²) in [7, 11) is 0. The standard InChI is InChI=1S/C17H16N4O/c22-17(13-8-11-4-1-2-6-14(11)18-9-13)20-15-7-3-5-12-10-19-21-16(12)15/h1-2,4,6,8-10,15H,3,5,7H2,(H,19,21)(H,20,22). The Balaban J connectivity index is 1.59. The summed E-state index contributed by atoms with van der Waals surface area (Å²) in [5, 5.41) is 11.2. The molecule has 1 amide bonds. The van der Waals surface area contributed by atoms with Gasteiger partial charge in [0.25, 0.3) is 5.91 Å². The molecule has 5 heteroatoms. The smallest absolute Gasteiger partial charge is 0.253 e. The number of benzene rings is 1. The summed E-state index contributed by atoms with van der Waals surface area (Å²) in [6.45, 7) is 0. The van der Waals surface area contributed by atoms with Gasteiger partial charge >= 0.3 is 0 Å². The van der Waals surface area contributed by atoms with Gasteiger partial charge in [0.2, 0.25) is 0 Å². The minimum atomic E-state index is -0.0919. The number of rotatable bonds is 2. The normalized spacial score (nSPS) is 17.2. The molecule has 2 N–H and O–H groups in total. The van der Waals surface area contributed by atoms with Crippen LogP contribution in [0.1, 0.15) is 40.5 Å². The predicted molar refractivity (Wildman–Crippen MR) is 83.5 cm³/mol. The van der Waals surface area contributed by atoms with E-state index in [9.17, 15) is 4.79 Å². The second-order valence-corrected chi connectivity index (χ2v) is 5.64. The van der Waals surface area contributed by atoms with Gasteiger partial charge in [0, 0.05) is 11.6 Å². The summed E-state index contributed by atoms with van der Waals surface area (Å²) in [5.74, 6) is -0.0919. The Hall–Kier alpha value is -2.69. The minimum absolute atomic E-state index is 0.00483. The zero-order valence-electron chi connectivity index (χ0n) is 12.0. The molecule has 5 nitrogen and oxygen atoms in total. The second kappa shape index (κ2) is 5.26. The van der Waals surface area contributed by atoms with Crippen LogP contribution in [-0.2, 0) is 6.42 Å². The van der Waals surface area contributed by atoms with E-state index in [0.717, 1.165) is 35.9 Å². The van der Waals surface area contributed by atoms with Gasteiger partial charge in [-0.1, -0.05) is 18.2 Å². The zero-order valence-corrected chi connectivity index (χ0v) is 12.0. The van der Waals surface area contributed by atoms with Crippen molar-refractivity contribution in [1.82, 2.24) is 20.5 Å². The fraction of sp³-hybridized carbons (Fsp3) is 0.235. The van der Waals surface area contributed by atoms with Crippen molar-refractivity contribution in [3.63, 3.8) is 0 Å². The molecule has 0 fully saturated rings. The van der Waals surface area contributed by atoms with Crippen molar-refractivity contribution in [1.29, 1.82) is 0 Å². The highest BCUT2D eigenvalue weighted by atomic mass is 16.1. The average Bonchev–Trinajstić information content (AvgIpc) is 3.04. The number of hydrogen-bond acceptors (Lipinski definition) is 3. The Morgan fingerprint density at radius 3 is 3.14 bits per heavy atom. The quantitative estimate of drug-likeness (QED) is 0.763.